The minimum atomic E-state index is 0.0491. The number of hydrogen-bond acceptors (Lipinski definition) is 0. The van der Waals surface area contributed by atoms with Crippen LogP contribution in [0.3, 0.4) is 0 Å². The van der Waals surface area contributed by atoms with Crippen LogP contribution < -0.4 is 0 Å². The quantitative estimate of drug-likeness (QED) is 0.153. The molecule has 7 rings (SSSR count). The van der Waals surface area contributed by atoms with Crippen LogP contribution in [0.1, 0.15) is 99.6 Å². The zero-order valence-corrected chi connectivity index (χ0v) is 27.2. The van der Waals surface area contributed by atoms with Gasteiger partial charge in [0, 0.05) is 17.3 Å². The summed E-state index contributed by atoms with van der Waals surface area (Å²) in [4.78, 5) is 0. The standard InChI is InChI=1S/C46H44/c1-34-16-20-38(21-17-34)44(36-12-6-3-7-13-36)40-24-28-42(29-25-40)46(32-10-5-11-33-46)43-30-26-41(27-31-43)45(37-14-8-4-9-15-37)39-22-18-35(2)19-23-39/h3-4,6-9,12-31,44-45H,5,10-11,32-33H2,1-2H3. The highest BCUT2D eigenvalue weighted by Gasteiger charge is 2.36. The first kappa shape index (κ1) is 30.0. The Kier molecular flexibility index (Phi) is 8.71. The molecule has 0 saturated heterocycles. The summed E-state index contributed by atoms with van der Waals surface area (Å²) in [7, 11) is 0. The first-order valence-electron chi connectivity index (χ1n) is 17.0. The van der Waals surface area contributed by atoms with E-state index in [0.29, 0.717) is 0 Å². The highest BCUT2D eigenvalue weighted by atomic mass is 14.4. The lowest BCUT2D eigenvalue weighted by Gasteiger charge is -2.39. The lowest BCUT2D eigenvalue weighted by Crippen LogP contribution is -2.30. The minimum Gasteiger partial charge on any atom is -0.0622 e. The maximum Gasteiger partial charge on any atom is 0.0339 e. The molecule has 0 spiro atoms. The van der Waals surface area contributed by atoms with Gasteiger partial charge in [-0.2, -0.15) is 0 Å². The van der Waals surface area contributed by atoms with Crippen LogP contribution in [0.2, 0.25) is 0 Å². The molecule has 1 saturated carbocycles. The van der Waals surface area contributed by atoms with E-state index in [0.717, 1.165) is 0 Å². The molecule has 228 valence electrons. The van der Waals surface area contributed by atoms with Gasteiger partial charge in [-0.1, -0.05) is 188 Å². The topological polar surface area (TPSA) is 0 Å². The Labute approximate surface area is 275 Å². The average molecular weight is 597 g/mol. The highest BCUT2D eigenvalue weighted by Crippen LogP contribution is 2.46. The number of aryl methyl sites for hydroxylation is 2. The molecule has 0 heterocycles. The van der Waals surface area contributed by atoms with Crippen molar-refractivity contribution in [3.05, 3.63) is 213 Å². The minimum absolute atomic E-state index is 0.0491. The first-order valence-corrected chi connectivity index (χ1v) is 17.0. The van der Waals surface area contributed by atoms with E-state index in [4.69, 9.17) is 0 Å². The molecule has 1 aliphatic rings. The SMILES string of the molecule is Cc1ccc(C(c2ccccc2)c2ccc(C3(c4ccc(C(c5ccccc5)c5ccc(C)cc5)cc4)CCCCC3)cc2)cc1. The summed E-state index contributed by atoms with van der Waals surface area (Å²) < 4.78 is 0. The summed E-state index contributed by atoms with van der Waals surface area (Å²) >= 11 is 0. The van der Waals surface area contributed by atoms with Crippen molar-refractivity contribution in [2.75, 3.05) is 0 Å². The largest absolute Gasteiger partial charge is 0.0622 e. The number of rotatable bonds is 8. The third-order valence-corrected chi connectivity index (χ3v) is 10.4. The van der Waals surface area contributed by atoms with Crippen LogP contribution in [-0.2, 0) is 5.41 Å². The Hall–Kier alpha value is -4.68. The summed E-state index contributed by atoms with van der Waals surface area (Å²) in [5.41, 5.74) is 13.6. The van der Waals surface area contributed by atoms with E-state index in [1.165, 1.54) is 87.7 Å². The van der Waals surface area contributed by atoms with Crippen LogP contribution in [0, 0.1) is 13.8 Å². The summed E-state index contributed by atoms with van der Waals surface area (Å²) in [5.74, 6) is 0.434. The normalized spacial score (nSPS) is 15.6. The molecule has 0 nitrogen and oxygen atoms in total. The summed E-state index contributed by atoms with van der Waals surface area (Å²) in [6, 6.07) is 59.4. The van der Waals surface area contributed by atoms with E-state index < -0.39 is 0 Å². The average Bonchev–Trinajstić information content (AvgIpc) is 3.12. The molecule has 46 heavy (non-hydrogen) atoms. The molecule has 0 aromatic heterocycles. The Morgan fingerprint density at radius 3 is 1.00 bits per heavy atom. The van der Waals surface area contributed by atoms with E-state index in [9.17, 15) is 0 Å². The molecule has 6 aromatic carbocycles. The van der Waals surface area contributed by atoms with Gasteiger partial charge in [0.1, 0.15) is 0 Å². The monoisotopic (exact) mass is 596 g/mol. The van der Waals surface area contributed by atoms with E-state index in [1.54, 1.807) is 0 Å². The Morgan fingerprint density at radius 2 is 0.652 bits per heavy atom. The van der Waals surface area contributed by atoms with Crippen molar-refractivity contribution in [3.8, 4) is 0 Å². The second-order valence-corrected chi connectivity index (χ2v) is 13.4. The number of hydrogen-bond donors (Lipinski definition) is 0. The van der Waals surface area contributed by atoms with Gasteiger partial charge in [0.15, 0.2) is 0 Å². The predicted molar refractivity (Wildman–Crippen MR) is 194 cm³/mol. The van der Waals surface area contributed by atoms with Crippen molar-refractivity contribution in [2.45, 2.75) is 63.2 Å². The van der Waals surface area contributed by atoms with Crippen molar-refractivity contribution in [1.29, 1.82) is 0 Å². The lowest BCUT2D eigenvalue weighted by atomic mass is 9.65. The molecule has 0 N–H and O–H groups in total. The Balaban J connectivity index is 1.25. The Morgan fingerprint density at radius 1 is 0.348 bits per heavy atom. The molecule has 1 aliphatic carbocycles. The second kappa shape index (κ2) is 13.4. The third kappa shape index (κ3) is 6.10. The molecular weight excluding hydrogens is 553 g/mol. The van der Waals surface area contributed by atoms with E-state index >= 15 is 0 Å². The second-order valence-electron chi connectivity index (χ2n) is 13.4. The summed E-state index contributed by atoms with van der Waals surface area (Å²) in [5, 5.41) is 0. The zero-order valence-electron chi connectivity index (χ0n) is 27.2. The molecule has 1 fully saturated rings. The smallest absolute Gasteiger partial charge is 0.0339 e. The van der Waals surface area contributed by atoms with Gasteiger partial charge in [0.2, 0.25) is 0 Å². The van der Waals surface area contributed by atoms with Gasteiger partial charge in [0.25, 0.3) is 0 Å². The van der Waals surface area contributed by atoms with Gasteiger partial charge in [-0.15, -0.1) is 0 Å². The molecule has 6 aromatic rings. The van der Waals surface area contributed by atoms with Crippen LogP contribution in [-0.4, -0.2) is 0 Å². The van der Waals surface area contributed by atoms with Gasteiger partial charge in [-0.3, -0.25) is 0 Å². The molecule has 0 amide bonds. The lowest BCUT2D eigenvalue weighted by molar-refractivity contribution is 0.346. The van der Waals surface area contributed by atoms with Gasteiger partial charge in [-0.05, 0) is 71.2 Å². The summed E-state index contributed by atoms with van der Waals surface area (Å²) in [6.45, 7) is 4.33. The fraction of sp³-hybridized carbons (Fsp3) is 0.217. The molecule has 0 heteroatoms. The van der Waals surface area contributed by atoms with Crippen molar-refractivity contribution < 1.29 is 0 Å². The maximum atomic E-state index is 2.44. The van der Waals surface area contributed by atoms with E-state index in [-0.39, 0.29) is 17.3 Å². The van der Waals surface area contributed by atoms with E-state index in [2.05, 4.69) is 172 Å². The molecular formula is C46H44. The Bertz CT molecular complexity index is 1690. The van der Waals surface area contributed by atoms with Crippen LogP contribution in [0.25, 0.3) is 0 Å². The van der Waals surface area contributed by atoms with Crippen molar-refractivity contribution in [1.82, 2.24) is 0 Å². The predicted octanol–water partition coefficient (Wildman–Crippen LogP) is 11.9. The van der Waals surface area contributed by atoms with Crippen molar-refractivity contribution in [3.63, 3.8) is 0 Å². The van der Waals surface area contributed by atoms with Gasteiger partial charge in [-0.25, -0.2) is 0 Å². The van der Waals surface area contributed by atoms with Crippen molar-refractivity contribution >= 4 is 0 Å². The van der Waals surface area contributed by atoms with Gasteiger partial charge < -0.3 is 0 Å². The van der Waals surface area contributed by atoms with Crippen LogP contribution in [0.15, 0.2) is 158 Å². The van der Waals surface area contributed by atoms with Gasteiger partial charge >= 0.3 is 0 Å². The molecule has 2 unspecified atom stereocenters. The van der Waals surface area contributed by atoms with E-state index in [1.807, 2.05) is 0 Å². The molecule has 2 atom stereocenters. The van der Waals surface area contributed by atoms with Crippen molar-refractivity contribution in [2.24, 2.45) is 0 Å². The third-order valence-electron chi connectivity index (χ3n) is 10.4. The van der Waals surface area contributed by atoms with Crippen LogP contribution >= 0.6 is 0 Å². The fourth-order valence-electron chi connectivity index (χ4n) is 7.85. The highest BCUT2D eigenvalue weighted by molar-refractivity contribution is 5.49. The summed E-state index contributed by atoms with van der Waals surface area (Å²) in [6.07, 6.45) is 6.27. The molecule has 0 radical (unpaired) electrons. The molecule has 0 bridgehead atoms. The maximum absolute atomic E-state index is 2.44. The number of benzene rings is 6. The van der Waals surface area contributed by atoms with Crippen LogP contribution in [0.4, 0.5) is 0 Å². The fourth-order valence-corrected chi connectivity index (χ4v) is 7.85. The molecule has 0 aliphatic heterocycles. The van der Waals surface area contributed by atoms with Gasteiger partial charge in [0.05, 0.1) is 0 Å². The zero-order chi connectivity index (χ0) is 31.3. The first-order chi connectivity index (χ1) is 22.6. The van der Waals surface area contributed by atoms with Crippen LogP contribution in [0.5, 0.6) is 0 Å².